The number of allylic oxidation sites excluding steroid dienone is 1. The largest absolute Gasteiger partial charge is 0.369 e. The molecule has 0 fully saturated rings. The third-order valence-electron chi connectivity index (χ3n) is 6.05. The topological polar surface area (TPSA) is 104 Å². The van der Waals surface area contributed by atoms with Crippen LogP contribution in [0.25, 0.3) is 0 Å². The third-order valence-corrected chi connectivity index (χ3v) is 6.05. The van der Waals surface area contributed by atoms with Gasteiger partial charge in [0.05, 0.1) is 17.9 Å². The van der Waals surface area contributed by atoms with Crippen molar-refractivity contribution >= 4 is 24.3 Å². The van der Waals surface area contributed by atoms with Gasteiger partial charge in [0.25, 0.3) is 5.91 Å². The fraction of sp³-hybridized carbons (Fsp3) is 0.481. The molecule has 1 aromatic carbocycles. The number of carbonyl (C=O) groups excluding carboxylic acids is 1. The zero-order valence-corrected chi connectivity index (χ0v) is 22.2. The number of rotatable bonds is 16. The molecule has 36 heavy (non-hydrogen) atoms. The summed E-state index contributed by atoms with van der Waals surface area (Å²) in [5.41, 5.74) is 9.89. The second-order valence-electron chi connectivity index (χ2n) is 8.98. The first-order valence-corrected chi connectivity index (χ1v) is 12.8. The van der Waals surface area contributed by atoms with Crippen molar-refractivity contribution in [3.05, 3.63) is 71.8 Å². The summed E-state index contributed by atoms with van der Waals surface area (Å²) >= 11 is 0. The molecule has 0 saturated heterocycles. The number of nitrogen functional groups attached to an aromatic ring is 1. The quantitative estimate of drug-likeness (QED) is 0.212. The second kappa shape index (κ2) is 15.8. The Labute approximate surface area is 220 Å². The van der Waals surface area contributed by atoms with Crippen LogP contribution in [0.1, 0.15) is 72.8 Å². The van der Waals surface area contributed by atoms with Crippen molar-refractivity contribution in [3.63, 3.8) is 0 Å². The minimum atomic E-state index is -0.0541. The van der Waals surface area contributed by atoms with Gasteiger partial charge in [-0.2, -0.15) is 0 Å². The summed E-state index contributed by atoms with van der Waals surface area (Å²) in [7, 11) is 0. The van der Waals surface area contributed by atoms with E-state index in [0.29, 0.717) is 31.1 Å². The van der Waals surface area contributed by atoms with Gasteiger partial charge in [0.15, 0.2) is 0 Å². The van der Waals surface area contributed by atoms with Crippen LogP contribution >= 0.6 is 12.4 Å². The molecule has 8 nitrogen and oxygen atoms in total. The molecule has 0 aliphatic rings. The summed E-state index contributed by atoms with van der Waals surface area (Å²) in [4.78, 5) is 16.8. The number of benzene rings is 1. The van der Waals surface area contributed by atoms with Gasteiger partial charge >= 0.3 is 0 Å². The lowest BCUT2D eigenvalue weighted by molar-refractivity contribution is 0.0952. The first-order valence-electron chi connectivity index (χ1n) is 12.8. The Bertz CT molecular complexity index is 1060. The van der Waals surface area contributed by atoms with Crippen LogP contribution < -0.4 is 11.1 Å². The van der Waals surface area contributed by atoms with Crippen LogP contribution in [-0.2, 0) is 32.4 Å². The van der Waals surface area contributed by atoms with E-state index in [2.05, 4.69) is 46.2 Å². The van der Waals surface area contributed by atoms with Crippen molar-refractivity contribution in [2.75, 3.05) is 12.3 Å². The Balaban J connectivity index is 0.00000456. The van der Waals surface area contributed by atoms with Crippen LogP contribution in [0, 0.1) is 0 Å². The number of unbranched alkanes of at least 4 members (excludes halogenated alkanes) is 4. The Morgan fingerprint density at radius 2 is 1.75 bits per heavy atom. The van der Waals surface area contributed by atoms with Crippen molar-refractivity contribution in [2.45, 2.75) is 77.8 Å². The number of aryl methyl sites for hydroxylation is 3. The van der Waals surface area contributed by atoms with E-state index in [1.807, 2.05) is 35.2 Å². The number of carbonyl (C=O) groups is 1. The van der Waals surface area contributed by atoms with Crippen LogP contribution in [0.5, 0.6) is 0 Å². The summed E-state index contributed by atoms with van der Waals surface area (Å²) in [5.74, 6) is 0.491. The summed E-state index contributed by atoms with van der Waals surface area (Å²) in [6.07, 6.45) is 15.5. The molecule has 0 aliphatic heterocycles. The maximum atomic E-state index is 12.4. The highest BCUT2D eigenvalue weighted by atomic mass is 35.5. The zero-order chi connectivity index (χ0) is 24.9. The molecule has 0 radical (unpaired) electrons. The molecular weight excluding hydrogens is 474 g/mol. The SMILES string of the molecule is C=CCn1cc(CCCCCc2cn(CCNC(=O)c3ccc(CCCCC)cc3)nn2)nc1N.Cl. The number of hydrogen-bond donors (Lipinski definition) is 2. The predicted molar refractivity (Wildman–Crippen MR) is 147 cm³/mol. The number of hydrogen-bond acceptors (Lipinski definition) is 5. The van der Waals surface area contributed by atoms with Crippen LogP contribution in [0.2, 0.25) is 0 Å². The molecular formula is C27H40ClN7O. The van der Waals surface area contributed by atoms with Crippen LogP contribution in [0.4, 0.5) is 5.95 Å². The molecule has 3 aromatic rings. The van der Waals surface area contributed by atoms with Crippen molar-refractivity contribution in [3.8, 4) is 0 Å². The van der Waals surface area contributed by atoms with E-state index in [1.54, 1.807) is 4.68 Å². The average Bonchev–Trinajstić information content (AvgIpc) is 3.45. The van der Waals surface area contributed by atoms with E-state index in [0.717, 1.165) is 49.9 Å². The van der Waals surface area contributed by atoms with Gasteiger partial charge in [0.1, 0.15) is 0 Å². The Hall–Kier alpha value is -3.13. The summed E-state index contributed by atoms with van der Waals surface area (Å²) in [6, 6.07) is 7.93. The van der Waals surface area contributed by atoms with Crippen LogP contribution in [-0.4, -0.2) is 37.0 Å². The molecule has 3 N–H and O–H groups in total. The lowest BCUT2D eigenvalue weighted by atomic mass is 10.1. The Kier molecular flexibility index (Phi) is 12.8. The van der Waals surface area contributed by atoms with Gasteiger partial charge in [0, 0.05) is 31.0 Å². The standard InChI is InChI=1S/C27H39N7O.ClH/c1-3-5-7-10-22-13-15-23(16-14-22)26(35)29-17-19-34-21-25(31-32-34)12-9-6-8-11-24-20-33(18-4-2)27(28)30-24;/h4,13-16,20-21H,2-3,5-12,17-19H2,1H3,(H2,28,30)(H,29,35);1H. The first-order chi connectivity index (χ1) is 17.1. The summed E-state index contributed by atoms with van der Waals surface area (Å²) in [6.45, 7) is 7.74. The molecule has 0 saturated carbocycles. The van der Waals surface area contributed by atoms with Crippen molar-refractivity contribution in [2.24, 2.45) is 0 Å². The van der Waals surface area contributed by atoms with Crippen LogP contribution in [0.3, 0.4) is 0 Å². The lowest BCUT2D eigenvalue weighted by Crippen LogP contribution is -2.27. The highest BCUT2D eigenvalue weighted by Crippen LogP contribution is 2.11. The monoisotopic (exact) mass is 513 g/mol. The number of amides is 1. The van der Waals surface area contributed by atoms with Gasteiger partial charge < -0.3 is 15.6 Å². The summed E-state index contributed by atoms with van der Waals surface area (Å²) in [5, 5.41) is 11.4. The molecule has 0 atom stereocenters. The van der Waals surface area contributed by atoms with Crippen LogP contribution in [0.15, 0.2) is 49.3 Å². The van der Waals surface area contributed by atoms with E-state index >= 15 is 0 Å². The van der Waals surface area contributed by atoms with E-state index in [1.165, 1.54) is 24.8 Å². The van der Waals surface area contributed by atoms with Crippen molar-refractivity contribution in [1.82, 2.24) is 29.9 Å². The minimum absolute atomic E-state index is 0. The number of nitrogens with two attached hydrogens (primary N) is 1. The number of nitrogens with zero attached hydrogens (tertiary/aromatic N) is 5. The average molecular weight is 514 g/mol. The second-order valence-corrected chi connectivity index (χ2v) is 8.98. The lowest BCUT2D eigenvalue weighted by Gasteiger charge is -2.06. The molecule has 3 rings (SSSR count). The smallest absolute Gasteiger partial charge is 0.251 e. The van der Waals surface area contributed by atoms with Gasteiger partial charge in [-0.15, -0.1) is 24.1 Å². The number of imidazole rings is 1. The fourth-order valence-electron chi connectivity index (χ4n) is 4.03. The Morgan fingerprint density at radius 3 is 2.47 bits per heavy atom. The number of halogens is 1. The van der Waals surface area contributed by atoms with E-state index in [4.69, 9.17) is 5.73 Å². The summed E-state index contributed by atoms with van der Waals surface area (Å²) < 4.78 is 3.70. The maximum absolute atomic E-state index is 12.4. The minimum Gasteiger partial charge on any atom is -0.369 e. The first kappa shape index (κ1) is 29.1. The molecule has 196 valence electrons. The van der Waals surface area contributed by atoms with Gasteiger partial charge in [0.2, 0.25) is 5.95 Å². The van der Waals surface area contributed by atoms with E-state index in [9.17, 15) is 4.79 Å². The molecule has 1 amide bonds. The third kappa shape index (κ3) is 9.49. The Morgan fingerprint density at radius 1 is 1.03 bits per heavy atom. The molecule has 2 heterocycles. The van der Waals surface area contributed by atoms with E-state index in [-0.39, 0.29) is 18.3 Å². The molecule has 0 aliphatic carbocycles. The number of nitrogens with one attached hydrogen (secondary N) is 1. The van der Waals surface area contributed by atoms with Gasteiger partial charge in [-0.25, -0.2) is 4.98 Å². The fourth-order valence-corrected chi connectivity index (χ4v) is 4.03. The van der Waals surface area contributed by atoms with E-state index < -0.39 is 0 Å². The highest BCUT2D eigenvalue weighted by Gasteiger charge is 2.07. The normalized spacial score (nSPS) is 10.7. The molecule has 0 spiro atoms. The zero-order valence-electron chi connectivity index (χ0n) is 21.4. The van der Waals surface area contributed by atoms with Crippen molar-refractivity contribution < 1.29 is 4.79 Å². The number of aromatic nitrogens is 5. The molecule has 9 heteroatoms. The molecule has 0 bridgehead atoms. The van der Waals surface area contributed by atoms with Gasteiger partial charge in [-0.05, 0) is 56.2 Å². The number of anilines is 1. The van der Waals surface area contributed by atoms with Crippen molar-refractivity contribution in [1.29, 1.82) is 0 Å². The highest BCUT2D eigenvalue weighted by molar-refractivity contribution is 5.94. The molecule has 0 unspecified atom stereocenters. The predicted octanol–water partition coefficient (Wildman–Crippen LogP) is 4.78. The maximum Gasteiger partial charge on any atom is 0.251 e. The molecule has 2 aromatic heterocycles. The van der Waals surface area contributed by atoms with Gasteiger partial charge in [-0.1, -0.05) is 49.6 Å². The van der Waals surface area contributed by atoms with Gasteiger partial charge in [-0.3, -0.25) is 9.48 Å².